The molecule has 0 aliphatic heterocycles. The van der Waals surface area contributed by atoms with Gasteiger partial charge < -0.3 is 9.84 Å². The third kappa shape index (κ3) is 2.52. The molecule has 1 aromatic heterocycles. The number of carboxylic acid groups (broad SMARTS) is 1. The Morgan fingerprint density at radius 3 is 2.44 bits per heavy atom. The predicted octanol–water partition coefficient (Wildman–Crippen LogP) is 2.00. The Hall–Kier alpha value is -2.69. The van der Waals surface area contributed by atoms with Gasteiger partial charge in [0.1, 0.15) is 5.75 Å². The van der Waals surface area contributed by atoms with E-state index in [-0.39, 0.29) is 11.3 Å². The Kier molecular flexibility index (Phi) is 3.33. The van der Waals surface area contributed by atoms with Gasteiger partial charge in [0.15, 0.2) is 5.69 Å². The number of esters is 1. The van der Waals surface area contributed by atoms with Gasteiger partial charge >= 0.3 is 11.9 Å². The van der Waals surface area contributed by atoms with Crippen LogP contribution in [0.2, 0.25) is 0 Å². The number of aromatic nitrogens is 1. The van der Waals surface area contributed by atoms with Crippen LogP contribution < -0.4 is 4.74 Å². The molecule has 0 saturated heterocycles. The molecule has 0 fully saturated rings. The van der Waals surface area contributed by atoms with Crippen LogP contribution in [0.5, 0.6) is 5.75 Å². The van der Waals surface area contributed by atoms with Crippen molar-refractivity contribution in [2.75, 3.05) is 0 Å². The van der Waals surface area contributed by atoms with Crippen molar-refractivity contribution in [3.63, 3.8) is 0 Å². The van der Waals surface area contributed by atoms with E-state index in [2.05, 4.69) is 4.98 Å². The smallest absolute Gasteiger partial charge is 0.363 e. The molecule has 5 nitrogen and oxygen atoms in total. The molecule has 2 rings (SSSR count). The van der Waals surface area contributed by atoms with Crippen LogP contribution in [0.4, 0.5) is 0 Å². The van der Waals surface area contributed by atoms with Crippen LogP contribution in [0.3, 0.4) is 0 Å². The fourth-order valence-corrected chi connectivity index (χ4v) is 1.38. The molecule has 0 atom stereocenters. The second-order valence-electron chi connectivity index (χ2n) is 3.41. The van der Waals surface area contributed by atoms with E-state index in [1.165, 1.54) is 18.3 Å². The Labute approximate surface area is 103 Å². The number of carbonyl (C=O) groups is 2. The van der Waals surface area contributed by atoms with E-state index in [0.29, 0.717) is 5.75 Å². The van der Waals surface area contributed by atoms with Crippen molar-refractivity contribution < 1.29 is 19.4 Å². The van der Waals surface area contributed by atoms with E-state index >= 15 is 0 Å². The largest absolute Gasteiger partial charge is 0.478 e. The number of hydrogen-bond acceptors (Lipinski definition) is 4. The van der Waals surface area contributed by atoms with Crippen LogP contribution >= 0.6 is 0 Å². The number of ether oxygens (including phenoxy) is 1. The van der Waals surface area contributed by atoms with Gasteiger partial charge in [0, 0.05) is 6.20 Å². The molecule has 1 aromatic carbocycles. The van der Waals surface area contributed by atoms with E-state index in [4.69, 9.17) is 9.84 Å². The van der Waals surface area contributed by atoms with Crippen molar-refractivity contribution >= 4 is 11.9 Å². The molecule has 0 spiro atoms. The second-order valence-corrected chi connectivity index (χ2v) is 3.41. The number of carbonyl (C=O) groups excluding carboxylic acids is 1. The molecule has 0 radical (unpaired) electrons. The highest BCUT2D eigenvalue weighted by Gasteiger charge is 2.19. The summed E-state index contributed by atoms with van der Waals surface area (Å²) in [5, 5.41) is 8.93. The first-order valence-corrected chi connectivity index (χ1v) is 5.14. The maximum atomic E-state index is 11.8. The molecular formula is C13H9NO4. The monoisotopic (exact) mass is 243 g/mol. The normalized spacial score (nSPS) is 9.78. The minimum absolute atomic E-state index is 0.182. The molecule has 0 bridgehead atoms. The van der Waals surface area contributed by atoms with Gasteiger partial charge in [-0.2, -0.15) is 0 Å². The number of aromatic carboxylic acids is 1. The van der Waals surface area contributed by atoms with Crippen molar-refractivity contribution in [2.24, 2.45) is 0 Å². The van der Waals surface area contributed by atoms with Crippen LogP contribution in [0.1, 0.15) is 20.8 Å². The topological polar surface area (TPSA) is 76.5 Å². The van der Waals surface area contributed by atoms with Crippen LogP contribution in [0, 0.1) is 0 Å². The van der Waals surface area contributed by atoms with Crippen molar-refractivity contribution in [3.8, 4) is 5.75 Å². The highest BCUT2D eigenvalue weighted by molar-refractivity contribution is 6.01. The first kappa shape index (κ1) is 11.8. The van der Waals surface area contributed by atoms with Crippen molar-refractivity contribution in [1.82, 2.24) is 4.98 Å². The van der Waals surface area contributed by atoms with Gasteiger partial charge in [0.2, 0.25) is 0 Å². The van der Waals surface area contributed by atoms with E-state index in [1.807, 2.05) is 0 Å². The van der Waals surface area contributed by atoms with Gasteiger partial charge in [-0.15, -0.1) is 0 Å². The van der Waals surface area contributed by atoms with Crippen LogP contribution in [0.25, 0.3) is 0 Å². The summed E-state index contributed by atoms with van der Waals surface area (Å²) >= 11 is 0. The lowest BCUT2D eigenvalue weighted by molar-refractivity contribution is 0.0664. The van der Waals surface area contributed by atoms with E-state index in [0.717, 1.165) is 0 Å². The summed E-state index contributed by atoms with van der Waals surface area (Å²) in [5.74, 6) is -1.67. The summed E-state index contributed by atoms with van der Waals surface area (Å²) in [6, 6.07) is 11.1. The molecule has 1 N–H and O–H groups in total. The van der Waals surface area contributed by atoms with Crippen molar-refractivity contribution in [2.45, 2.75) is 0 Å². The highest BCUT2D eigenvalue weighted by Crippen LogP contribution is 2.13. The van der Waals surface area contributed by atoms with Gasteiger partial charge in [0.05, 0.1) is 5.56 Å². The SMILES string of the molecule is O=C(O)c1cccnc1C(=O)Oc1ccccc1. The predicted molar refractivity (Wildman–Crippen MR) is 62.6 cm³/mol. The number of para-hydroxylation sites is 1. The molecule has 18 heavy (non-hydrogen) atoms. The zero-order chi connectivity index (χ0) is 13.0. The van der Waals surface area contributed by atoms with Gasteiger partial charge in [-0.05, 0) is 24.3 Å². The van der Waals surface area contributed by atoms with E-state index in [9.17, 15) is 9.59 Å². The lowest BCUT2D eigenvalue weighted by atomic mass is 10.2. The maximum Gasteiger partial charge on any atom is 0.363 e. The van der Waals surface area contributed by atoms with E-state index < -0.39 is 11.9 Å². The zero-order valence-electron chi connectivity index (χ0n) is 9.24. The third-order valence-electron chi connectivity index (χ3n) is 2.19. The summed E-state index contributed by atoms with van der Waals surface area (Å²) in [7, 11) is 0. The lowest BCUT2D eigenvalue weighted by Gasteiger charge is -2.05. The summed E-state index contributed by atoms with van der Waals surface area (Å²) in [4.78, 5) is 26.5. The molecule has 0 saturated carbocycles. The van der Waals surface area contributed by atoms with Gasteiger partial charge in [-0.3, -0.25) is 0 Å². The van der Waals surface area contributed by atoms with E-state index in [1.54, 1.807) is 30.3 Å². The average molecular weight is 243 g/mol. The first-order valence-electron chi connectivity index (χ1n) is 5.14. The molecule has 5 heteroatoms. The molecule has 0 unspecified atom stereocenters. The Morgan fingerprint density at radius 1 is 1.06 bits per heavy atom. The quantitative estimate of drug-likeness (QED) is 0.659. The number of rotatable bonds is 3. The summed E-state index contributed by atoms with van der Waals surface area (Å²) < 4.78 is 5.03. The molecular weight excluding hydrogens is 234 g/mol. The fourth-order valence-electron chi connectivity index (χ4n) is 1.38. The highest BCUT2D eigenvalue weighted by atomic mass is 16.5. The Morgan fingerprint density at radius 2 is 1.78 bits per heavy atom. The van der Waals surface area contributed by atoms with Crippen LogP contribution in [-0.2, 0) is 0 Å². The van der Waals surface area contributed by atoms with Crippen molar-refractivity contribution in [1.29, 1.82) is 0 Å². The molecule has 90 valence electrons. The van der Waals surface area contributed by atoms with Crippen LogP contribution in [0.15, 0.2) is 48.7 Å². The summed E-state index contributed by atoms with van der Waals surface area (Å²) in [5.41, 5.74) is -0.396. The Bertz CT molecular complexity index is 581. The zero-order valence-corrected chi connectivity index (χ0v) is 9.24. The number of benzene rings is 1. The first-order chi connectivity index (χ1) is 8.68. The lowest BCUT2D eigenvalue weighted by Crippen LogP contribution is -2.15. The number of carboxylic acids is 1. The molecule has 1 heterocycles. The molecule has 0 aliphatic rings. The molecule has 2 aromatic rings. The fraction of sp³-hybridized carbons (Fsp3) is 0. The number of pyridine rings is 1. The standard InChI is InChI=1S/C13H9NO4/c15-12(16)10-7-4-8-14-11(10)13(17)18-9-5-2-1-3-6-9/h1-8H,(H,15,16). The van der Waals surface area contributed by atoms with Gasteiger partial charge in [0.25, 0.3) is 0 Å². The van der Waals surface area contributed by atoms with Gasteiger partial charge in [-0.1, -0.05) is 18.2 Å². The Balaban J connectivity index is 2.27. The maximum absolute atomic E-state index is 11.8. The molecule has 0 aliphatic carbocycles. The van der Waals surface area contributed by atoms with Crippen LogP contribution in [-0.4, -0.2) is 22.0 Å². The molecule has 0 amide bonds. The number of hydrogen-bond donors (Lipinski definition) is 1. The minimum atomic E-state index is -1.22. The number of nitrogens with zero attached hydrogens (tertiary/aromatic N) is 1. The summed E-state index contributed by atoms with van der Waals surface area (Å²) in [6.07, 6.45) is 1.34. The summed E-state index contributed by atoms with van der Waals surface area (Å²) in [6.45, 7) is 0. The second kappa shape index (κ2) is 5.09. The minimum Gasteiger partial charge on any atom is -0.478 e. The van der Waals surface area contributed by atoms with Gasteiger partial charge in [-0.25, -0.2) is 14.6 Å². The average Bonchev–Trinajstić information content (AvgIpc) is 2.40. The third-order valence-corrected chi connectivity index (χ3v) is 2.19. The van der Waals surface area contributed by atoms with Crippen molar-refractivity contribution in [3.05, 3.63) is 59.9 Å².